The third-order valence-corrected chi connectivity index (χ3v) is 2.55. The van der Waals surface area contributed by atoms with Crippen LogP contribution in [0.1, 0.15) is 18.1 Å². The summed E-state index contributed by atoms with van der Waals surface area (Å²) in [5.74, 6) is 0. The molecule has 0 spiro atoms. The zero-order valence-electron chi connectivity index (χ0n) is 11.0. The predicted octanol–water partition coefficient (Wildman–Crippen LogP) is 2.60. The van der Waals surface area contributed by atoms with E-state index >= 15 is 0 Å². The fraction of sp³-hybridized carbons (Fsp3) is 0.333. The van der Waals surface area contributed by atoms with Crippen molar-refractivity contribution < 1.29 is 9.85 Å². The van der Waals surface area contributed by atoms with Gasteiger partial charge in [0, 0.05) is 19.7 Å². The van der Waals surface area contributed by atoms with Crippen LogP contribution in [0.5, 0.6) is 0 Å². The van der Waals surface area contributed by atoms with Crippen LogP contribution in [0.2, 0.25) is 0 Å². The van der Waals surface area contributed by atoms with E-state index in [0.717, 1.165) is 6.07 Å². The first-order valence-electron chi connectivity index (χ1n) is 5.67. The van der Waals surface area contributed by atoms with Gasteiger partial charge in [-0.3, -0.25) is 20.2 Å². The van der Waals surface area contributed by atoms with Crippen molar-refractivity contribution in [2.45, 2.75) is 13.3 Å². The number of rotatable bonds is 5. The first-order valence-corrected chi connectivity index (χ1v) is 5.67. The minimum atomic E-state index is -0.609. The highest BCUT2D eigenvalue weighted by atomic mass is 16.6. The molecule has 0 unspecified atom stereocenters. The van der Waals surface area contributed by atoms with Gasteiger partial charge >= 0.3 is 0 Å². The van der Waals surface area contributed by atoms with E-state index in [0.29, 0.717) is 17.5 Å². The molecule has 0 fully saturated rings. The molecule has 0 heterocycles. The quantitative estimate of drug-likeness (QED) is 0.603. The van der Waals surface area contributed by atoms with Gasteiger partial charge in [0.2, 0.25) is 0 Å². The maximum absolute atomic E-state index is 11.0. The van der Waals surface area contributed by atoms with Crippen LogP contribution >= 0.6 is 0 Å². The van der Waals surface area contributed by atoms with Crippen molar-refractivity contribution in [2.75, 3.05) is 14.1 Å². The van der Waals surface area contributed by atoms with Crippen LogP contribution in [0.15, 0.2) is 18.3 Å². The summed E-state index contributed by atoms with van der Waals surface area (Å²) in [5, 5.41) is 21.9. The Bertz CT molecular complexity index is 538. The Kier molecular flexibility index (Phi) is 4.57. The average Bonchev–Trinajstić information content (AvgIpc) is 2.34. The number of nitrogens with zero attached hydrogens (tertiary/aromatic N) is 3. The van der Waals surface area contributed by atoms with Crippen molar-refractivity contribution >= 4 is 17.5 Å². The van der Waals surface area contributed by atoms with Crippen LogP contribution in [0.25, 0.3) is 6.08 Å². The van der Waals surface area contributed by atoms with Gasteiger partial charge in [0.05, 0.1) is 21.5 Å². The number of nitro benzene ring substituents is 2. The van der Waals surface area contributed by atoms with Gasteiger partial charge in [-0.25, -0.2) is 0 Å². The molecule has 0 bridgehead atoms. The lowest BCUT2D eigenvalue weighted by Crippen LogP contribution is -2.02. The van der Waals surface area contributed by atoms with E-state index in [2.05, 4.69) is 0 Å². The van der Waals surface area contributed by atoms with E-state index in [1.807, 2.05) is 0 Å². The molecule has 0 aliphatic heterocycles. The molecule has 0 saturated heterocycles. The smallest absolute Gasteiger partial charge is 0.283 e. The molecule has 1 aromatic carbocycles. The molecule has 0 aromatic heterocycles. The first kappa shape index (κ1) is 14.6. The van der Waals surface area contributed by atoms with Crippen molar-refractivity contribution in [3.8, 4) is 0 Å². The number of hydrogen-bond acceptors (Lipinski definition) is 5. The summed E-state index contributed by atoms with van der Waals surface area (Å²) in [6.45, 7) is 1.77. The van der Waals surface area contributed by atoms with Gasteiger partial charge in [0.1, 0.15) is 0 Å². The number of nitro groups is 2. The zero-order valence-corrected chi connectivity index (χ0v) is 11.0. The van der Waals surface area contributed by atoms with Crippen molar-refractivity contribution in [3.05, 3.63) is 49.7 Å². The maximum atomic E-state index is 11.0. The van der Waals surface area contributed by atoms with Crippen molar-refractivity contribution in [2.24, 2.45) is 0 Å². The molecule has 1 aromatic rings. The summed E-state index contributed by atoms with van der Waals surface area (Å²) < 4.78 is 0. The minimum Gasteiger partial charge on any atom is -0.383 e. The van der Waals surface area contributed by atoms with Gasteiger partial charge < -0.3 is 4.90 Å². The lowest BCUT2D eigenvalue weighted by atomic mass is 10.0. The second-order valence-electron chi connectivity index (χ2n) is 4.19. The minimum absolute atomic E-state index is 0.212. The Hall–Kier alpha value is -2.44. The summed E-state index contributed by atoms with van der Waals surface area (Å²) in [5.41, 5.74) is 0.369. The normalized spacial score (nSPS) is 10.7. The van der Waals surface area contributed by atoms with Crippen molar-refractivity contribution in [1.29, 1.82) is 0 Å². The number of benzene rings is 1. The first-order chi connectivity index (χ1) is 8.86. The molecule has 102 valence electrons. The van der Waals surface area contributed by atoms with Gasteiger partial charge in [-0.1, -0.05) is 6.92 Å². The molecular weight excluding hydrogens is 250 g/mol. The molecule has 7 heteroatoms. The fourth-order valence-corrected chi connectivity index (χ4v) is 1.62. The molecular formula is C12H15N3O4. The molecule has 0 aliphatic rings. The monoisotopic (exact) mass is 265 g/mol. The van der Waals surface area contributed by atoms with Crippen molar-refractivity contribution in [3.63, 3.8) is 0 Å². The fourth-order valence-electron chi connectivity index (χ4n) is 1.62. The van der Waals surface area contributed by atoms with Gasteiger partial charge in [-0.05, 0) is 24.8 Å². The average molecular weight is 265 g/mol. The highest BCUT2D eigenvalue weighted by Gasteiger charge is 2.22. The van der Waals surface area contributed by atoms with E-state index in [1.54, 1.807) is 38.2 Å². The van der Waals surface area contributed by atoms with Crippen LogP contribution < -0.4 is 0 Å². The molecule has 0 radical (unpaired) electrons. The van der Waals surface area contributed by atoms with Gasteiger partial charge in [0.15, 0.2) is 0 Å². The highest BCUT2D eigenvalue weighted by molar-refractivity contribution is 5.66. The Labute approximate surface area is 110 Å². The Balaban J connectivity index is 3.44. The molecule has 0 saturated carbocycles. The summed E-state index contributed by atoms with van der Waals surface area (Å²) in [7, 11) is 3.57. The van der Waals surface area contributed by atoms with Gasteiger partial charge in [0.25, 0.3) is 11.4 Å². The van der Waals surface area contributed by atoms with Gasteiger partial charge in [-0.2, -0.15) is 0 Å². The van der Waals surface area contributed by atoms with E-state index in [1.165, 1.54) is 6.07 Å². The lowest BCUT2D eigenvalue weighted by molar-refractivity contribution is -0.394. The van der Waals surface area contributed by atoms with Crippen LogP contribution in [0.4, 0.5) is 11.4 Å². The lowest BCUT2D eigenvalue weighted by Gasteiger charge is -2.06. The molecule has 0 N–H and O–H groups in total. The van der Waals surface area contributed by atoms with E-state index in [4.69, 9.17) is 0 Å². The topological polar surface area (TPSA) is 89.5 Å². The summed E-state index contributed by atoms with van der Waals surface area (Å²) in [6, 6.07) is 2.52. The van der Waals surface area contributed by atoms with Crippen molar-refractivity contribution in [1.82, 2.24) is 4.90 Å². The Morgan fingerprint density at radius 1 is 1.16 bits per heavy atom. The van der Waals surface area contributed by atoms with E-state index in [-0.39, 0.29) is 11.4 Å². The van der Waals surface area contributed by atoms with Crippen LogP contribution in [0.3, 0.4) is 0 Å². The number of aryl methyl sites for hydroxylation is 1. The molecule has 0 atom stereocenters. The Morgan fingerprint density at radius 2 is 1.74 bits per heavy atom. The molecule has 19 heavy (non-hydrogen) atoms. The van der Waals surface area contributed by atoms with Crippen LogP contribution in [-0.2, 0) is 6.42 Å². The Morgan fingerprint density at radius 3 is 2.16 bits per heavy atom. The molecule has 0 aliphatic carbocycles. The zero-order chi connectivity index (χ0) is 14.6. The van der Waals surface area contributed by atoms with Gasteiger partial charge in [-0.15, -0.1) is 0 Å². The second-order valence-corrected chi connectivity index (χ2v) is 4.19. The molecule has 0 amide bonds. The van der Waals surface area contributed by atoms with Crippen LogP contribution in [-0.4, -0.2) is 28.8 Å². The summed E-state index contributed by atoms with van der Waals surface area (Å²) in [6.07, 6.45) is 3.67. The third-order valence-electron chi connectivity index (χ3n) is 2.55. The summed E-state index contributed by atoms with van der Waals surface area (Å²) in [4.78, 5) is 22.4. The molecule has 1 rings (SSSR count). The summed E-state index contributed by atoms with van der Waals surface area (Å²) >= 11 is 0. The van der Waals surface area contributed by atoms with Crippen LogP contribution in [0, 0.1) is 20.2 Å². The van der Waals surface area contributed by atoms with E-state index < -0.39 is 9.85 Å². The predicted molar refractivity (Wildman–Crippen MR) is 71.8 cm³/mol. The highest BCUT2D eigenvalue weighted by Crippen LogP contribution is 2.30. The number of hydrogen-bond donors (Lipinski definition) is 0. The second kappa shape index (κ2) is 5.94. The third kappa shape index (κ3) is 3.51. The standard InChI is InChI=1S/C12H15N3O4/c1-4-9-7-10(5-6-13(2)3)12(15(18)19)8-11(9)14(16)17/h5-8H,4H2,1-3H3. The SMILES string of the molecule is CCc1cc(C=CN(C)C)c([N+](=O)[O-])cc1[N+](=O)[O-]. The largest absolute Gasteiger partial charge is 0.383 e. The molecule has 7 nitrogen and oxygen atoms in total. The maximum Gasteiger partial charge on any atom is 0.283 e. The van der Waals surface area contributed by atoms with E-state index in [9.17, 15) is 20.2 Å².